The van der Waals surface area contributed by atoms with Crippen LogP contribution in [0, 0.1) is 5.92 Å². The second kappa shape index (κ2) is 8.30. The van der Waals surface area contributed by atoms with E-state index in [1.54, 1.807) is 35.2 Å². The predicted molar refractivity (Wildman–Crippen MR) is 114 cm³/mol. The zero-order chi connectivity index (χ0) is 20.4. The van der Waals surface area contributed by atoms with E-state index in [1.165, 1.54) is 0 Å². The van der Waals surface area contributed by atoms with Crippen molar-refractivity contribution in [1.29, 1.82) is 0 Å². The fraction of sp³-hybridized carbons (Fsp3) is 0.286. The van der Waals surface area contributed by atoms with Crippen molar-refractivity contribution in [2.24, 2.45) is 5.92 Å². The molecule has 1 aliphatic heterocycles. The molecule has 1 saturated heterocycles. The van der Waals surface area contributed by atoms with Gasteiger partial charge in [0.25, 0.3) is 5.91 Å². The smallest absolute Gasteiger partial charge is 0.289 e. The maximum Gasteiger partial charge on any atom is 0.289 e. The minimum absolute atomic E-state index is 0.116. The van der Waals surface area contributed by atoms with Gasteiger partial charge in [-0.05, 0) is 55.2 Å². The molecule has 0 bridgehead atoms. The Labute approximate surface area is 178 Å². The van der Waals surface area contributed by atoms with Gasteiger partial charge in [-0.2, -0.15) is 0 Å². The molecule has 8 heteroatoms. The van der Waals surface area contributed by atoms with E-state index >= 15 is 0 Å². The summed E-state index contributed by atoms with van der Waals surface area (Å²) in [6.07, 6.45) is 1.49. The molecule has 6 nitrogen and oxygen atoms in total. The second-order valence-corrected chi connectivity index (χ2v) is 9.87. The number of nitrogens with one attached hydrogen (secondary N) is 1. The van der Waals surface area contributed by atoms with Crippen LogP contribution in [0.2, 0.25) is 0 Å². The number of benzene rings is 2. The maximum atomic E-state index is 12.7. The summed E-state index contributed by atoms with van der Waals surface area (Å²) >= 11 is 3.30. The fourth-order valence-electron chi connectivity index (χ4n) is 3.51. The largest absolute Gasteiger partial charge is 0.451 e. The van der Waals surface area contributed by atoms with E-state index in [0.29, 0.717) is 31.0 Å². The quantitative estimate of drug-likeness (QED) is 0.602. The molecule has 4 rings (SSSR count). The van der Waals surface area contributed by atoms with Gasteiger partial charge in [0.2, 0.25) is 10.0 Å². The van der Waals surface area contributed by atoms with Gasteiger partial charge in [0, 0.05) is 29.5 Å². The highest BCUT2D eigenvalue weighted by atomic mass is 79.9. The Morgan fingerprint density at radius 1 is 1.10 bits per heavy atom. The Morgan fingerprint density at radius 2 is 1.79 bits per heavy atom. The Kier molecular flexibility index (Phi) is 5.76. The Hall–Kier alpha value is -2.16. The number of piperidine rings is 1. The summed E-state index contributed by atoms with van der Waals surface area (Å²) in [6.45, 7) is 1.53. The van der Waals surface area contributed by atoms with E-state index in [9.17, 15) is 13.2 Å². The van der Waals surface area contributed by atoms with Crippen LogP contribution < -0.4 is 4.72 Å². The average molecular weight is 477 g/mol. The van der Waals surface area contributed by atoms with E-state index in [4.69, 9.17) is 4.42 Å². The number of furan rings is 1. The minimum atomic E-state index is -3.53. The summed E-state index contributed by atoms with van der Waals surface area (Å²) in [7, 11) is -3.53. The number of nitrogens with zero attached hydrogens (tertiary/aromatic N) is 1. The van der Waals surface area contributed by atoms with Gasteiger partial charge in [0.1, 0.15) is 5.58 Å². The minimum Gasteiger partial charge on any atom is -0.451 e. The number of para-hydroxylation sites is 1. The number of hydrogen-bond donors (Lipinski definition) is 1. The molecule has 0 saturated carbocycles. The highest BCUT2D eigenvalue weighted by molar-refractivity contribution is 9.10. The summed E-state index contributed by atoms with van der Waals surface area (Å²) in [4.78, 5) is 14.7. The lowest BCUT2D eigenvalue weighted by molar-refractivity contribution is 0.0662. The van der Waals surface area contributed by atoms with Crippen LogP contribution in [0.1, 0.15) is 23.4 Å². The maximum absolute atomic E-state index is 12.7. The zero-order valence-electron chi connectivity index (χ0n) is 15.7. The number of sulfonamides is 1. The SMILES string of the molecule is O=C(c1cc2ccccc2o1)N1CCC(CNS(=O)(=O)c2ccc(Br)cc2)CC1. The monoisotopic (exact) mass is 476 g/mol. The Morgan fingerprint density at radius 3 is 2.48 bits per heavy atom. The van der Waals surface area contributed by atoms with Crippen molar-refractivity contribution in [2.45, 2.75) is 17.7 Å². The van der Waals surface area contributed by atoms with Crippen molar-refractivity contribution in [3.05, 3.63) is 64.8 Å². The first-order valence-corrected chi connectivity index (χ1v) is 11.7. The average Bonchev–Trinajstić information content (AvgIpc) is 3.17. The molecule has 1 amide bonds. The molecule has 0 aliphatic carbocycles. The van der Waals surface area contributed by atoms with Crippen molar-refractivity contribution in [1.82, 2.24) is 9.62 Å². The molecule has 0 radical (unpaired) electrons. The van der Waals surface area contributed by atoms with Crippen LogP contribution in [0.3, 0.4) is 0 Å². The molecule has 152 valence electrons. The third-order valence-corrected chi connectivity index (χ3v) is 7.19. The summed E-state index contributed by atoms with van der Waals surface area (Å²) < 4.78 is 34.0. The molecule has 2 heterocycles. The number of carbonyl (C=O) groups excluding carboxylic acids is 1. The summed E-state index contributed by atoms with van der Waals surface area (Å²) in [5.74, 6) is 0.427. The molecule has 0 unspecified atom stereocenters. The molecule has 1 fully saturated rings. The first kappa shape index (κ1) is 20.1. The first-order valence-electron chi connectivity index (χ1n) is 9.45. The standard InChI is InChI=1S/C21H21BrN2O4S/c22-17-5-7-18(8-6-17)29(26,27)23-14-15-9-11-24(12-10-15)21(25)20-13-16-3-1-2-4-19(16)28-20/h1-8,13,15,23H,9-12,14H2. The fourth-order valence-corrected chi connectivity index (χ4v) is 4.89. The highest BCUT2D eigenvalue weighted by Crippen LogP contribution is 2.23. The van der Waals surface area contributed by atoms with E-state index < -0.39 is 10.0 Å². The number of likely N-dealkylation sites (tertiary alicyclic amines) is 1. The zero-order valence-corrected chi connectivity index (χ0v) is 18.1. The van der Waals surface area contributed by atoms with Gasteiger partial charge in [0.15, 0.2) is 5.76 Å². The Bertz CT molecular complexity index is 1080. The molecule has 0 spiro atoms. The van der Waals surface area contributed by atoms with Crippen molar-refractivity contribution in [3.63, 3.8) is 0 Å². The molecule has 1 aromatic heterocycles. The Balaban J connectivity index is 1.32. The lowest BCUT2D eigenvalue weighted by Crippen LogP contribution is -2.41. The van der Waals surface area contributed by atoms with Gasteiger partial charge in [-0.25, -0.2) is 13.1 Å². The van der Waals surface area contributed by atoms with Gasteiger partial charge in [0.05, 0.1) is 4.90 Å². The van der Waals surface area contributed by atoms with Crippen molar-refractivity contribution in [3.8, 4) is 0 Å². The van der Waals surface area contributed by atoms with Crippen LogP contribution in [0.4, 0.5) is 0 Å². The van der Waals surface area contributed by atoms with Crippen LogP contribution in [0.15, 0.2) is 68.4 Å². The molecule has 3 aromatic rings. The highest BCUT2D eigenvalue weighted by Gasteiger charge is 2.26. The first-order chi connectivity index (χ1) is 13.9. The number of hydrogen-bond acceptors (Lipinski definition) is 4. The molecule has 1 N–H and O–H groups in total. The van der Waals surface area contributed by atoms with Crippen molar-refractivity contribution in [2.75, 3.05) is 19.6 Å². The van der Waals surface area contributed by atoms with Gasteiger partial charge in [-0.15, -0.1) is 0 Å². The van der Waals surface area contributed by atoms with Gasteiger partial charge in [-0.3, -0.25) is 4.79 Å². The van der Waals surface area contributed by atoms with Gasteiger partial charge >= 0.3 is 0 Å². The number of fused-ring (bicyclic) bond motifs is 1. The van der Waals surface area contributed by atoms with Gasteiger partial charge in [-0.1, -0.05) is 34.1 Å². The molecule has 2 aromatic carbocycles. The lowest BCUT2D eigenvalue weighted by atomic mass is 9.97. The summed E-state index contributed by atoms with van der Waals surface area (Å²) in [6, 6.07) is 15.9. The van der Waals surface area contributed by atoms with E-state index in [1.807, 2.05) is 24.3 Å². The molecular formula is C21H21BrN2O4S. The second-order valence-electron chi connectivity index (χ2n) is 7.19. The molecular weight excluding hydrogens is 456 g/mol. The number of rotatable bonds is 5. The number of carbonyl (C=O) groups is 1. The van der Waals surface area contributed by atoms with E-state index in [0.717, 1.165) is 22.7 Å². The van der Waals surface area contributed by atoms with E-state index in [-0.39, 0.29) is 16.7 Å². The molecule has 29 heavy (non-hydrogen) atoms. The number of halogens is 1. The topological polar surface area (TPSA) is 79.6 Å². The summed E-state index contributed by atoms with van der Waals surface area (Å²) in [5, 5.41) is 0.910. The third-order valence-electron chi connectivity index (χ3n) is 5.22. The van der Waals surface area contributed by atoms with E-state index in [2.05, 4.69) is 20.7 Å². The van der Waals surface area contributed by atoms with Gasteiger partial charge < -0.3 is 9.32 Å². The number of amides is 1. The lowest BCUT2D eigenvalue weighted by Gasteiger charge is -2.31. The van der Waals surface area contributed by atoms with Crippen LogP contribution in [-0.2, 0) is 10.0 Å². The third kappa shape index (κ3) is 4.55. The molecule has 1 aliphatic rings. The van der Waals surface area contributed by atoms with Crippen LogP contribution in [-0.4, -0.2) is 38.9 Å². The van der Waals surface area contributed by atoms with Crippen LogP contribution >= 0.6 is 15.9 Å². The van der Waals surface area contributed by atoms with Crippen LogP contribution in [0.5, 0.6) is 0 Å². The summed E-state index contributed by atoms with van der Waals surface area (Å²) in [5.41, 5.74) is 0.702. The van der Waals surface area contributed by atoms with Crippen molar-refractivity contribution < 1.29 is 17.6 Å². The normalized spacial score (nSPS) is 15.7. The predicted octanol–water partition coefficient (Wildman–Crippen LogP) is 4.03. The van der Waals surface area contributed by atoms with Crippen molar-refractivity contribution >= 4 is 42.8 Å². The van der Waals surface area contributed by atoms with Crippen LogP contribution in [0.25, 0.3) is 11.0 Å². The molecule has 0 atom stereocenters.